The van der Waals surface area contributed by atoms with Crippen molar-refractivity contribution >= 4 is 8.80 Å². The molecule has 0 aliphatic carbocycles. The first-order valence-electron chi connectivity index (χ1n) is 2.78. The highest BCUT2D eigenvalue weighted by molar-refractivity contribution is 6.58. The lowest BCUT2D eigenvalue weighted by atomic mass is 10.3. The van der Waals surface area contributed by atoms with Gasteiger partial charge in [-0.05, 0) is 0 Å². The van der Waals surface area contributed by atoms with E-state index in [9.17, 15) is 0 Å². The lowest BCUT2D eigenvalue weighted by molar-refractivity contribution is 0.205. The summed E-state index contributed by atoms with van der Waals surface area (Å²) in [6, 6.07) is -0.772. The van der Waals surface area contributed by atoms with Crippen LogP contribution in [0.15, 0.2) is 0 Å². The molecule has 0 heterocycles. The highest BCUT2D eigenvalue weighted by atomic mass is 28.4. The largest absolute Gasteiger partial charge is 0.512 e. The average Bonchev–Trinajstić information content (AvgIpc) is 1.83. The van der Waals surface area contributed by atoms with E-state index < -0.39 is 20.5 Å². The van der Waals surface area contributed by atoms with Crippen molar-refractivity contribution in [1.82, 2.24) is 0 Å². The molecule has 6 nitrogen and oxygen atoms in total. The summed E-state index contributed by atoms with van der Waals surface area (Å²) in [6.07, 6.45) is 0. The minimum atomic E-state index is -4.27. The lowest BCUT2D eigenvalue weighted by Crippen LogP contribution is -2.64. The molecular formula is C3H13N3O3Si. The van der Waals surface area contributed by atoms with Crippen LogP contribution in [0.25, 0.3) is 0 Å². The van der Waals surface area contributed by atoms with Crippen LogP contribution < -0.4 is 17.2 Å². The third-order valence-corrected chi connectivity index (χ3v) is 2.50. The van der Waals surface area contributed by atoms with E-state index in [2.05, 4.69) is 0 Å². The molecule has 10 heavy (non-hydrogen) atoms. The second-order valence-electron chi connectivity index (χ2n) is 2.11. The van der Waals surface area contributed by atoms with Crippen molar-refractivity contribution in [3.05, 3.63) is 0 Å². The van der Waals surface area contributed by atoms with E-state index in [1.165, 1.54) is 0 Å². The maximum absolute atomic E-state index is 8.58. The smallest absolute Gasteiger partial charge is 0.389 e. The third-order valence-electron chi connectivity index (χ3n) is 1.18. The van der Waals surface area contributed by atoms with E-state index in [0.717, 1.165) is 0 Å². The Kier molecular flexibility index (Phi) is 3.38. The summed E-state index contributed by atoms with van der Waals surface area (Å²) in [6.45, 7) is 0.0115. The van der Waals surface area contributed by atoms with Crippen LogP contribution in [0, 0.1) is 0 Å². The molecule has 0 aliphatic rings. The standard InChI is InChI=1S/C3H13N3O3Si/c4-1-2(5)3(6)10(7,8)9/h2-3,7-9H,1,4-6H2. The van der Waals surface area contributed by atoms with Gasteiger partial charge in [0.15, 0.2) is 0 Å². The normalized spacial score (nSPS) is 18.6. The quantitative estimate of drug-likeness (QED) is 0.237. The molecule has 2 unspecified atom stereocenters. The molecule has 2 atom stereocenters. The second-order valence-corrected chi connectivity index (χ2v) is 4.15. The maximum Gasteiger partial charge on any atom is 0.512 e. The minimum Gasteiger partial charge on any atom is -0.389 e. The first-order valence-corrected chi connectivity index (χ1v) is 4.69. The molecule has 0 aromatic heterocycles. The van der Waals surface area contributed by atoms with E-state index >= 15 is 0 Å². The number of rotatable bonds is 3. The average molecular weight is 167 g/mol. The van der Waals surface area contributed by atoms with E-state index in [4.69, 9.17) is 31.6 Å². The SMILES string of the molecule is NCC(N)C(N)[Si](O)(O)O. The van der Waals surface area contributed by atoms with Crippen LogP contribution in [0.1, 0.15) is 0 Å². The van der Waals surface area contributed by atoms with Crippen LogP contribution in [-0.4, -0.2) is 41.4 Å². The molecule has 0 aromatic rings. The Morgan fingerprint density at radius 2 is 1.60 bits per heavy atom. The molecule has 0 saturated heterocycles. The molecule has 0 fully saturated rings. The molecule has 9 N–H and O–H groups in total. The van der Waals surface area contributed by atoms with Gasteiger partial charge in [0.2, 0.25) is 0 Å². The predicted octanol–water partition coefficient (Wildman–Crippen LogP) is -3.95. The van der Waals surface area contributed by atoms with Crippen molar-refractivity contribution < 1.29 is 14.4 Å². The van der Waals surface area contributed by atoms with Gasteiger partial charge in [0, 0.05) is 12.6 Å². The first kappa shape index (κ1) is 9.98. The first-order chi connectivity index (χ1) is 4.39. The van der Waals surface area contributed by atoms with Gasteiger partial charge in [0.1, 0.15) is 0 Å². The molecular weight excluding hydrogens is 154 g/mol. The van der Waals surface area contributed by atoms with E-state index in [0.29, 0.717) is 0 Å². The zero-order chi connectivity index (χ0) is 8.36. The van der Waals surface area contributed by atoms with Crippen molar-refractivity contribution in [3.63, 3.8) is 0 Å². The summed E-state index contributed by atoms with van der Waals surface area (Å²) in [5.74, 6) is 0. The Hall–Kier alpha value is -0.0231. The fourth-order valence-electron chi connectivity index (χ4n) is 0.434. The Balaban J connectivity index is 3.94. The van der Waals surface area contributed by atoms with Crippen molar-refractivity contribution in [2.75, 3.05) is 6.54 Å². The molecule has 0 rings (SSSR count). The summed E-state index contributed by atoms with van der Waals surface area (Å²) >= 11 is 0. The lowest BCUT2D eigenvalue weighted by Gasteiger charge is -2.22. The van der Waals surface area contributed by atoms with Crippen molar-refractivity contribution in [1.29, 1.82) is 0 Å². The van der Waals surface area contributed by atoms with Crippen molar-refractivity contribution in [2.45, 2.75) is 11.7 Å². The van der Waals surface area contributed by atoms with Crippen LogP contribution in [0.5, 0.6) is 0 Å². The van der Waals surface area contributed by atoms with Crippen LogP contribution in [0.3, 0.4) is 0 Å². The fourth-order valence-corrected chi connectivity index (χ4v) is 1.14. The van der Waals surface area contributed by atoms with Gasteiger partial charge in [-0.3, -0.25) is 0 Å². The summed E-state index contributed by atoms with van der Waals surface area (Å²) in [7, 11) is -4.27. The summed E-state index contributed by atoms with van der Waals surface area (Å²) in [4.78, 5) is 25.7. The van der Waals surface area contributed by atoms with Crippen LogP contribution in [0.2, 0.25) is 0 Å². The Bertz CT molecular complexity index is 106. The zero-order valence-corrected chi connectivity index (χ0v) is 6.44. The van der Waals surface area contributed by atoms with Gasteiger partial charge in [-0.15, -0.1) is 0 Å². The Morgan fingerprint density at radius 1 is 1.20 bits per heavy atom. The van der Waals surface area contributed by atoms with Gasteiger partial charge in [0.25, 0.3) is 0 Å². The van der Waals surface area contributed by atoms with Gasteiger partial charge >= 0.3 is 8.80 Å². The van der Waals surface area contributed by atoms with Gasteiger partial charge in [-0.25, -0.2) is 0 Å². The Morgan fingerprint density at radius 3 is 1.70 bits per heavy atom. The van der Waals surface area contributed by atoms with Gasteiger partial charge in [-0.2, -0.15) is 0 Å². The molecule has 0 aromatic carbocycles. The molecule has 0 bridgehead atoms. The van der Waals surface area contributed by atoms with E-state index in [-0.39, 0.29) is 6.54 Å². The fraction of sp³-hybridized carbons (Fsp3) is 1.00. The third kappa shape index (κ3) is 2.71. The van der Waals surface area contributed by atoms with Crippen LogP contribution in [-0.2, 0) is 0 Å². The predicted molar refractivity (Wildman–Crippen MR) is 37.4 cm³/mol. The van der Waals surface area contributed by atoms with Gasteiger partial charge in [-0.1, -0.05) is 0 Å². The van der Waals surface area contributed by atoms with Crippen molar-refractivity contribution in [3.8, 4) is 0 Å². The molecule has 62 valence electrons. The molecule has 0 spiro atoms. The van der Waals surface area contributed by atoms with Gasteiger partial charge in [0.05, 0.1) is 5.67 Å². The van der Waals surface area contributed by atoms with E-state index in [1.54, 1.807) is 0 Å². The second kappa shape index (κ2) is 3.39. The maximum atomic E-state index is 8.58. The summed E-state index contributed by atoms with van der Waals surface area (Å²) in [5.41, 5.74) is 14.2. The number of hydrogen-bond donors (Lipinski definition) is 6. The number of nitrogens with two attached hydrogens (primary N) is 3. The molecule has 0 aliphatic heterocycles. The van der Waals surface area contributed by atoms with Crippen LogP contribution >= 0.6 is 0 Å². The zero-order valence-electron chi connectivity index (χ0n) is 5.44. The van der Waals surface area contributed by atoms with Crippen LogP contribution in [0.4, 0.5) is 0 Å². The Labute approximate surface area is 59.6 Å². The highest BCUT2D eigenvalue weighted by Crippen LogP contribution is 1.95. The summed E-state index contributed by atoms with van der Waals surface area (Å²) in [5, 5.41) is 0. The molecule has 0 saturated carbocycles. The molecule has 7 heteroatoms. The van der Waals surface area contributed by atoms with E-state index in [1.807, 2.05) is 0 Å². The summed E-state index contributed by atoms with van der Waals surface area (Å²) < 4.78 is 0. The highest BCUT2D eigenvalue weighted by Gasteiger charge is 2.39. The molecule has 0 radical (unpaired) electrons. The van der Waals surface area contributed by atoms with Crippen molar-refractivity contribution in [2.24, 2.45) is 17.2 Å². The topological polar surface area (TPSA) is 139 Å². The molecule has 0 amide bonds. The monoisotopic (exact) mass is 167 g/mol. The number of hydrogen-bond acceptors (Lipinski definition) is 6. The minimum absolute atomic E-state index is 0.0115. The van der Waals surface area contributed by atoms with Gasteiger partial charge < -0.3 is 31.6 Å².